The number of hydrogen-bond donors (Lipinski definition) is 0. The summed E-state index contributed by atoms with van der Waals surface area (Å²) in [5.41, 5.74) is 4.52. The molecule has 4 heteroatoms. The largest absolute Gasteiger partial charge is 0.419 e. The van der Waals surface area contributed by atoms with Gasteiger partial charge in [0.15, 0.2) is 5.58 Å². The number of aromatic nitrogens is 1. The third-order valence-corrected chi connectivity index (χ3v) is 5.34. The topological polar surface area (TPSA) is 38.4 Å². The summed E-state index contributed by atoms with van der Waals surface area (Å²) in [7, 11) is 2.20. The monoisotopic (exact) mass is 336 g/mol. The highest BCUT2D eigenvalue weighted by Crippen LogP contribution is 2.33. The van der Waals surface area contributed by atoms with Crippen molar-refractivity contribution in [3.05, 3.63) is 70.2 Å². The van der Waals surface area contributed by atoms with Crippen LogP contribution in [-0.2, 0) is 13.0 Å². The Balaban J connectivity index is 1.44. The van der Waals surface area contributed by atoms with Gasteiger partial charge < -0.3 is 4.42 Å². The lowest BCUT2D eigenvalue weighted by molar-refractivity contribution is 0.215. The van der Waals surface area contributed by atoms with Crippen LogP contribution in [-0.4, -0.2) is 23.1 Å². The first kappa shape index (κ1) is 16.2. The third kappa shape index (κ3) is 3.14. The van der Waals surface area contributed by atoms with E-state index in [1.165, 1.54) is 30.4 Å². The first-order valence-electron chi connectivity index (χ1n) is 9.10. The van der Waals surface area contributed by atoms with Crippen molar-refractivity contribution in [1.29, 1.82) is 0 Å². The Kier molecular flexibility index (Phi) is 4.45. The van der Waals surface area contributed by atoms with Gasteiger partial charge in [-0.3, -0.25) is 9.47 Å². The summed E-state index contributed by atoms with van der Waals surface area (Å²) in [6.07, 6.45) is 4.58. The van der Waals surface area contributed by atoms with Crippen molar-refractivity contribution in [2.45, 2.75) is 38.3 Å². The predicted octanol–water partition coefficient (Wildman–Crippen LogP) is 3.99. The molecule has 0 bridgehead atoms. The van der Waals surface area contributed by atoms with Crippen LogP contribution in [0.1, 0.15) is 36.4 Å². The van der Waals surface area contributed by atoms with Crippen LogP contribution in [0.3, 0.4) is 0 Å². The van der Waals surface area contributed by atoms with Crippen molar-refractivity contribution in [2.75, 3.05) is 13.6 Å². The van der Waals surface area contributed by atoms with Crippen molar-refractivity contribution >= 4 is 11.1 Å². The van der Waals surface area contributed by atoms with Gasteiger partial charge in [0, 0.05) is 19.1 Å². The zero-order valence-electron chi connectivity index (χ0n) is 14.6. The molecule has 2 aromatic carbocycles. The van der Waals surface area contributed by atoms with Gasteiger partial charge in [-0.1, -0.05) is 36.4 Å². The van der Waals surface area contributed by atoms with E-state index < -0.39 is 0 Å². The van der Waals surface area contributed by atoms with Gasteiger partial charge in [0.1, 0.15) is 0 Å². The lowest BCUT2D eigenvalue weighted by atomic mass is 9.87. The molecular formula is C21H24N2O2. The van der Waals surface area contributed by atoms with Crippen molar-refractivity contribution in [1.82, 2.24) is 9.47 Å². The van der Waals surface area contributed by atoms with E-state index >= 15 is 0 Å². The predicted molar refractivity (Wildman–Crippen MR) is 99.8 cm³/mol. The molecule has 1 heterocycles. The molecule has 0 N–H and O–H groups in total. The zero-order valence-corrected chi connectivity index (χ0v) is 14.6. The maximum absolute atomic E-state index is 12.1. The average molecular weight is 336 g/mol. The number of rotatable bonds is 5. The highest BCUT2D eigenvalue weighted by atomic mass is 16.4. The SMILES string of the molecule is CN(CCCn1c(=O)oc2ccccc21)[C@@H]1CCCc2ccccc21. The Morgan fingerprint density at radius 3 is 2.88 bits per heavy atom. The average Bonchev–Trinajstić information content (AvgIpc) is 2.96. The number of aryl methyl sites for hydroxylation is 2. The standard InChI is InChI=1S/C21H24N2O2/c1-22(18-12-6-9-16-8-2-3-10-17(16)18)14-7-15-23-19-11-4-5-13-20(19)25-21(23)24/h2-5,8,10-11,13,18H,6-7,9,12,14-15H2,1H3/t18-/m1/s1. The van der Waals surface area contributed by atoms with Gasteiger partial charge in [-0.05, 0) is 56.0 Å². The van der Waals surface area contributed by atoms with Crippen LogP contribution in [0.2, 0.25) is 0 Å². The first-order chi connectivity index (χ1) is 12.2. The normalized spacial score (nSPS) is 17.1. The van der Waals surface area contributed by atoms with Crippen LogP contribution in [0.5, 0.6) is 0 Å². The van der Waals surface area contributed by atoms with Gasteiger partial charge in [0.2, 0.25) is 0 Å². The smallest absolute Gasteiger partial charge is 0.408 e. The quantitative estimate of drug-likeness (QED) is 0.707. The summed E-state index contributed by atoms with van der Waals surface area (Å²) in [6.45, 7) is 1.65. The van der Waals surface area contributed by atoms with Gasteiger partial charge >= 0.3 is 5.76 Å². The molecule has 1 aliphatic carbocycles. The molecule has 0 amide bonds. The Hall–Kier alpha value is -2.33. The number of oxazole rings is 1. The van der Waals surface area contributed by atoms with Crippen LogP contribution in [0.4, 0.5) is 0 Å². The fourth-order valence-corrected chi connectivity index (χ4v) is 4.05. The second-order valence-electron chi connectivity index (χ2n) is 6.93. The van der Waals surface area contributed by atoms with Gasteiger partial charge in [-0.25, -0.2) is 4.79 Å². The van der Waals surface area contributed by atoms with Gasteiger partial charge in [0.05, 0.1) is 5.52 Å². The molecule has 4 rings (SSSR count). The van der Waals surface area contributed by atoms with Crippen LogP contribution >= 0.6 is 0 Å². The molecule has 0 saturated carbocycles. The maximum Gasteiger partial charge on any atom is 0.419 e. The third-order valence-electron chi connectivity index (χ3n) is 5.34. The zero-order chi connectivity index (χ0) is 17.2. The Morgan fingerprint density at radius 2 is 1.96 bits per heavy atom. The highest BCUT2D eigenvalue weighted by Gasteiger charge is 2.23. The summed E-state index contributed by atoms with van der Waals surface area (Å²) in [5, 5.41) is 0. The minimum Gasteiger partial charge on any atom is -0.408 e. The molecule has 0 spiro atoms. The molecule has 1 aliphatic rings. The summed E-state index contributed by atoms with van der Waals surface area (Å²) in [6, 6.07) is 16.9. The summed E-state index contributed by atoms with van der Waals surface area (Å²) in [4.78, 5) is 14.5. The van der Waals surface area contributed by atoms with Crippen molar-refractivity contribution in [3.8, 4) is 0 Å². The minimum atomic E-state index is -0.258. The Morgan fingerprint density at radius 1 is 1.16 bits per heavy atom. The van der Waals surface area contributed by atoms with Crippen LogP contribution in [0, 0.1) is 0 Å². The molecule has 0 fully saturated rings. The fraction of sp³-hybridized carbons (Fsp3) is 0.381. The van der Waals surface area contributed by atoms with E-state index in [1.54, 1.807) is 4.57 Å². The molecular weight excluding hydrogens is 312 g/mol. The Labute approximate surface area is 147 Å². The number of hydrogen-bond acceptors (Lipinski definition) is 3. The molecule has 0 saturated heterocycles. The van der Waals surface area contributed by atoms with E-state index in [-0.39, 0.29) is 5.76 Å². The maximum atomic E-state index is 12.1. The first-order valence-corrected chi connectivity index (χ1v) is 9.10. The fourth-order valence-electron chi connectivity index (χ4n) is 4.05. The van der Waals surface area contributed by atoms with E-state index in [4.69, 9.17) is 4.42 Å². The Bertz CT molecular complexity index is 925. The summed E-state index contributed by atoms with van der Waals surface area (Å²) >= 11 is 0. The van der Waals surface area contributed by atoms with Crippen molar-refractivity contribution < 1.29 is 4.42 Å². The van der Waals surface area contributed by atoms with Crippen molar-refractivity contribution in [2.24, 2.45) is 0 Å². The van der Waals surface area contributed by atoms with E-state index in [2.05, 4.69) is 36.2 Å². The molecule has 0 radical (unpaired) electrons. The van der Waals surface area contributed by atoms with Crippen LogP contribution in [0.25, 0.3) is 11.1 Å². The van der Waals surface area contributed by atoms with Crippen molar-refractivity contribution in [3.63, 3.8) is 0 Å². The summed E-state index contributed by atoms with van der Waals surface area (Å²) in [5.74, 6) is -0.258. The number of para-hydroxylation sites is 2. The number of nitrogens with zero attached hydrogens (tertiary/aromatic N) is 2. The lowest BCUT2D eigenvalue weighted by Gasteiger charge is -2.33. The molecule has 3 aromatic rings. The molecule has 0 aliphatic heterocycles. The second kappa shape index (κ2) is 6.89. The molecule has 1 atom stereocenters. The van der Waals surface area contributed by atoms with E-state index in [1.807, 2.05) is 24.3 Å². The van der Waals surface area contributed by atoms with Crippen LogP contribution < -0.4 is 5.76 Å². The second-order valence-corrected chi connectivity index (χ2v) is 6.93. The minimum absolute atomic E-state index is 0.258. The van der Waals surface area contributed by atoms with E-state index in [0.29, 0.717) is 18.2 Å². The highest BCUT2D eigenvalue weighted by molar-refractivity contribution is 5.72. The summed E-state index contributed by atoms with van der Waals surface area (Å²) < 4.78 is 7.06. The molecule has 130 valence electrons. The number of benzene rings is 2. The van der Waals surface area contributed by atoms with Crippen LogP contribution in [0.15, 0.2) is 57.7 Å². The molecule has 1 aromatic heterocycles. The van der Waals surface area contributed by atoms with Gasteiger partial charge in [-0.2, -0.15) is 0 Å². The van der Waals surface area contributed by atoms with Gasteiger partial charge in [0.25, 0.3) is 0 Å². The molecule has 4 nitrogen and oxygen atoms in total. The van der Waals surface area contributed by atoms with Gasteiger partial charge in [-0.15, -0.1) is 0 Å². The molecule has 0 unspecified atom stereocenters. The molecule has 25 heavy (non-hydrogen) atoms. The van der Waals surface area contributed by atoms with E-state index in [9.17, 15) is 4.79 Å². The lowest BCUT2D eigenvalue weighted by Crippen LogP contribution is -2.29. The van der Waals surface area contributed by atoms with E-state index in [0.717, 1.165) is 18.5 Å². The number of fused-ring (bicyclic) bond motifs is 2.